The molecule has 0 aliphatic rings. The fraction of sp³-hybridized carbons (Fsp3) is 0.286. The van der Waals surface area contributed by atoms with Gasteiger partial charge in [0, 0.05) is 12.7 Å². The second kappa shape index (κ2) is 5.31. The number of alkyl halides is 1. The van der Waals surface area contributed by atoms with Crippen molar-refractivity contribution < 1.29 is 0 Å². The summed E-state index contributed by atoms with van der Waals surface area (Å²) in [6.07, 6.45) is 2.77. The second-order valence-electron chi connectivity index (χ2n) is 4.47. The fourth-order valence-corrected chi connectivity index (χ4v) is 3.05. The van der Waals surface area contributed by atoms with Gasteiger partial charge < -0.3 is 4.57 Å². The molecule has 0 fully saturated rings. The molecule has 0 aliphatic carbocycles. The largest absolute Gasteiger partial charge is 0.311 e. The lowest BCUT2D eigenvalue weighted by atomic mass is 10.2. The van der Waals surface area contributed by atoms with Gasteiger partial charge in [-0.1, -0.05) is 0 Å². The van der Waals surface area contributed by atoms with Gasteiger partial charge in [0.25, 0.3) is 0 Å². The van der Waals surface area contributed by atoms with E-state index in [0.29, 0.717) is 0 Å². The second-order valence-corrected chi connectivity index (χ2v) is 5.90. The first-order chi connectivity index (χ1) is 9.25. The zero-order chi connectivity index (χ0) is 13.2. The summed E-state index contributed by atoms with van der Waals surface area (Å²) in [6.45, 7) is 2.81. The van der Waals surface area contributed by atoms with Crippen LogP contribution in [0.15, 0.2) is 35.2 Å². The van der Waals surface area contributed by atoms with Crippen LogP contribution in [0.25, 0.3) is 11.2 Å². The van der Waals surface area contributed by atoms with Gasteiger partial charge >= 0.3 is 0 Å². The number of pyridine rings is 1. The third-order valence-electron chi connectivity index (χ3n) is 3.09. The number of imidazole rings is 1. The normalized spacial score (nSPS) is 12.9. The Balaban J connectivity index is 1.97. The molecule has 0 aliphatic heterocycles. The molecule has 3 heterocycles. The maximum atomic E-state index is 6.23. The monoisotopic (exact) mass is 291 g/mol. The molecule has 0 radical (unpaired) electrons. The minimum absolute atomic E-state index is 0.114. The van der Waals surface area contributed by atoms with Crippen LogP contribution in [0.2, 0.25) is 0 Å². The van der Waals surface area contributed by atoms with Crippen molar-refractivity contribution in [2.45, 2.75) is 25.3 Å². The molecule has 0 N–H and O–H groups in total. The van der Waals surface area contributed by atoms with Crippen molar-refractivity contribution in [3.63, 3.8) is 0 Å². The predicted octanol–water partition coefficient (Wildman–Crippen LogP) is 4.04. The fourth-order valence-electron chi connectivity index (χ4n) is 2.18. The third kappa shape index (κ3) is 2.51. The molecule has 3 nitrogen and oxygen atoms in total. The lowest BCUT2D eigenvalue weighted by Crippen LogP contribution is -2.07. The van der Waals surface area contributed by atoms with Crippen molar-refractivity contribution >= 4 is 34.1 Å². The number of aromatic nitrogens is 3. The molecule has 1 atom stereocenters. The van der Waals surface area contributed by atoms with Crippen LogP contribution in [0.4, 0.5) is 0 Å². The summed E-state index contributed by atoms with van der Waals surface area (Å²) < 4.78 is 2.13. The number of fused-ring (bicyclic) bond motifs is 1. The molecule has 1 unspecified atom stereocenters. The maximum absolute atomic E-state index is 6.23. The number of nitrogens with zero attached hydrogens (tertiary/aromatic N) is 3. The number of hydrogen-bond donors (Lipinski definition) is 0. The average molecular weight is 292 g/mol. The molecule has 0 spiro atoms. The summed E-state index contributed by atoms with van der Waals surface area (Å²) >= 11 is 7.96. The molecule has 19 heavy (non-hydrogen) atoms. The number of hydrogen-bond acceptors (Lipinski definition) is 3. The van der Waals surface area contributed by atoms with E-state index in [4.69, 9.17) is 11.6 Å². The van der Waals surface area contributed by atoms with E-state index in [9.17, 15) is 0 Å². The van der Waals surface area contributed by atoms with E-state index in [2.05, 4.69) is 31.4 Å². The first-order valence-corrected chi connectivity index (χ1v) is 7.60. The van der Waals surface area contributed by atoms with Crippen LogP contribution in [0.1, 0.15) is 23.7 Å². The first kappa shape index (κ1) is 12.6. The summed E-state index contributed by atoms with van der Waals surface area (Å²) in [5, 5.41) is 4.16. The molecular weight excluding hydrogens is 278 g/mol. The van der Waals surface area contributed by atoms with Gasteiger partial charge in [-0.05, 0) is 47.9 Å². The highest BCUT2D eigenvalue weighted by Gasteiger charge is 2.15. The van der Waals surface area contributed by atoms with Crippen molar-refractivity contribution in [2.24, 2.45) is 0 Å². The summed E-state index contributed by atoms with van der Waals surface area (Å²) in [7, 11) is 0. The summed E-state index contributed by atoms with van der Waals surface area (Å²) in [5.74, 6) is 0.894. The smallest absolute Gasteiger partial charge is 0.160 e. The van der Waals surface area contributed by atoms with Crippen LogP contribution in [0.3, 0.4) is 0 Å². The van der Waals surface area contributed by atoms with E-state index < -0.39 is 0 Å². The van der Waals surface area contributed by atoms with Gasteiger partial charge in [-0.15, -0.1) is 11.6 Å². The lowest BCUT2D eigenvalue weighted by molar-refractivity contribution is 0.664. The molecule has 5 heteroatoms. The predicted molar refractivity (Wildman–Crippen MR) is 79.8 cm³/mol. The first-order valence-electron chi connectivity index (χ1n) is 6.22. The van der Waals surface area contributed by atoms with Crippen molar-refractivity contribution in [1.29, 1.82) is 0 Å². The van der Waals surface area contributed by atoms with E-state index >= 15 is 0 Å². The number of halogens is 1. The average Bonchev–Trinajstić information content (AvgIpc) is 3.03. The molecule has 0 aromatic carbocycles. The molecule has 3 rings (SSSR count). The van der Waals surface area contributed by atoms with Gasteiger partial charge in [0.05, 0.1) is 5.38 Å². The molecule has 0 saturated carbocycles. The zero-order valence-corrected chi connectivity index (χ0v) is 12.2. The molecule has 0 saturated heterocycles. The van der Waals surface area contributed by atoms with E-state index in [1.165, 1.54) is 5.56 Å². The van der Waals surface area contributed by atoms with Gasteiger partial charge in [-0.3, -0.25) is 0 Å². The maximum Gasteiger partial charge on any atom is 0.160 e. The third-order valence-corrected chi connectivity index (χ3v) is 4.02. The van der Waals surface area contributed by atoms with Crippen LogP contribution in [0, 0.1) is 0 Å². The van der Waals surface area contributed by atoms with Crippen molar-refractivity contribution in [1.82, 2.24) is 14.5 Å². The Kier molecular flexibility index (Phi) is 3.53. The highest BCUT2D eigenvalue weighted by Crippen LogP contribution is 2.23. The van der Waals surface area contributed by atoms with E-state index in [0.717, 1.165) is 30.0 Å². The van der Waals surface area contributed by atoms with Crippen LogP contribution >= 0.6 is 22.9 Å². The lowest BCUT2D eigenvalue weighted by Gasteiger charge is -2.09. The summed E-state index contributed by atoms with van der Waals surface area (Å²) in [4.78, 5) is 9.01. The Morgan fingerprint density at radius 2 is 2.32 bits per heavy atom. The standard InChI is InChI=1S/C14H14ClN3S/c1-10(15)13-17-12-3-2-6-16-14(12)18(13)7-4-11-5-8-19-9-11/h2-3,5-6,8-10H,4,7H2,1H3. The molecular formula is C14H14ClN3S. The van der Waals surface area contributed by atoms with Crippen LogP contribution in [-0.4, -0.2) is 14.5 Å². The molecule has 0 bridgehead atoms. The Bertz CT molecular complexity index is 673. The van der Waals surface area contributed by atoms with Crippen molar-refractivity contribution in [3.8, 4) is 0 Å². The van der Waals surface area contributed by atoms with E-state index in [1.54, 1.807) is 17.5 Å². The van der Waals surface area contributed by atoms with Gasteiger partial charge in [-0.2, -0.15) is 11.3 Å². The number of rotatable bonds is 4. The van der Waals surface area contributed by atoms with Gasteiger partial charge in [0.2, 0.25) is 0 Å². The molecule has 3 aromatic heterocycles. The Morgan fingerprint density at radius 3 is 3.05 bits per heavy atom. The highest BCUT2D eigenvalue weighted by molar-refractivity contribution is 7.07. The van der Waals surface area contributed by atoms with Gasteiger partial charge in [0.1, 0.15) is 11.3 Å². The Morgan fingerprint density at radius 1 is 1.42 bits per heavy atom. The molecule has 3 aromatic rings. The van der Waals surface area contributed by atoms with Gasteiger partial charge in [0.15, 0.2) is 5.65 Å². The summed E-state index contributed by atoms with van der Waals surface area (Å²) in [5.41, 5.74) is 3.17. The van der Waals surface area contributed by atoms with Crippen LogP contribution < -0.4 is 0 Å². The number of thiophene rings is 1. The quantitative estimate of drug-likeness (QED) is 0.679. The Labute approximate surface area is 120 Å². The van der Waals surface area contributed by atoms with Crippen molar-refractivity contribution in [2.75, 3.05) is 0 Å². The van der Waals surface area contributed by atoms with Crippen LogP contribution in [-0.2, 0) is 13.0 Å². The van der Waals surface area contributed by atoms with Crippen LogP contribution in [0.5, 0.6) is 0 Å². The highest BCUT2D eigenvalue weighted by atomic mass is 35.5. The van der Waals surface area contributed by atoms with E-state index in [1.807, 2.05) is 19.1 Å². The van der Waals surface area contributed by atoms with Crippen molar-refractivity contribution in [3.05, 3.63) is 46.5 Å². The minimum Gasteiger partial charge on any atom is -0.311 e. The topological polar surface area (TPSA) is 30.7 Å². The van der Waals surface area contributed by atoms with E-state index in [-0.39, 0.29) is 5.38 Å². The zero-order valence-electron chi connectivity index (χ0n) is 10.6. The molecule has 98 valence electrons. The Hall–Kier alpha value is -1.39. The number of aryl methyl sites for hydroxylation is 2. The van der Waals surface area contributed by atoms with Gasteiger partial charge in [-0.25, -0.2) is 9.97 Å². The summed E-state index contributed by atoms with van der Waals surface area (Å²) in [6, 6.07) is 6.04. The SMILES string of the molecule is CC(Cl)c1nc2cccnc2n1CCc1ccsc1. The molecule has 0 amide bonds. The minimum atomic E-state index is -0.114.